The molecular formula is C27H31F4N7O2S. The molecule has 0 unspecified atom stereocenters. The highest BCUT2D eigenvalue weighted by molar-refractivity contribution is 7.12. The molecule has 0 bridgehead atoms. The number of aryl methyl sites for hydroxylation is 2. The molecule has 41 heavy (non-hydrogen) atoms. The van der Waals surface area contributed by atoms with Crippen LogP contribution >= 0.6 is 11.3 Å². The Hall–Kier alpha value is -3.29. The molecule has 6 rings (SSSR count). The summed E-state index contributed by atoms with van der Waals surface area (Å²) in [6, 6.07) is 1.12. The van der Waals surface area contributed by atoms with E-state index in [2.05, 4.69) is 25.9 Å². The van der Waals surface area contributed by atoms with Crippen molar-refractivity contribution in [2.45, 2.75) is 70.3 Å². The Morgan fingerprint density at radius 3 is 2.68 bits per heavy atom. The first-order valence-corrected chi connectivity index (χ1v) is 14.6. The normalized spacial score (nSPS) is 23.2. The van der Waals surface area contributed by atoms with Crippen LogP contribution in [0.4, 0.5) is 29.3 Å². The van der Waals surface area contributed by atoms with Crippen LogP contribution in [0.2, 0.25) is 0 Å². The Kier molecular flexibility index (Phi) is 7.15. The monoisotopic (exact) mass is 593 g/mol. The molecular weight excluding hydrogens is 562 g/mol. The largest absolute Gasteiger partial charge is 0.352 e. The van der Waals surface area contributed by atoms with E-state index in [9.17, 15) is 27.2 Å². The predicted octanol–water partition coefficient (Wildman–Crippen LogP) is 5.03. The van der Waals surface area contributed by atoms with E-state index in [1.807, 2.05) is 11.5 Å². The number of anilines is 2. The van der Waals surface area contributed by atoms with Gasteiger partial charge in [0, 0.05) is 60.6 Å². The third kappa shape index (κ3) is 5.62. The summed E-state index contributed by atoms with van der Waals surface area (Å²) in [6.07, 6.45) is 1.30. The van der Waals surface area contributed by atoms with Crippen molar-refractivity contribution in [1.29, 1.82) is 0 Å². The first-order valence-electron chi connectivity index (χ1n) is 13.8. The van der Waals surface area contributed by atoms with Gasteiger partial charge in [-0.1, -0.05) is 6.92 Å². The first kappa shape index (κ1) is 27.9. The topological polar surface area (TPSA) is 107 Å². The molecule has 9 nitrogen and oxygen atoms in total. The summed E-state index contributed by atoms with van der Waals surface area (Å²) in [4.78, 5) is 28.2. The molecule has 1 amide bonds. The molecule has 3 aromatic heterocycles. The number of fused-ring (bicyclic) bond motifs is 1. The van der Waals surface area contributed by atoms with Gasteiger partial charge in [0.1, 0.15) is 23.6 Å². The van der Waals surface area contributed by atoms with Gasteiger partial charge in [-0.05, 0) is 43.1 Å². The number of ketones is 1. The molecule has 2 fully saturated rings. The van der Waals surface area contributed by atoms with Crippen LogP contribution in [0.1, 0.15) is 76.4 Å². The fraction of sp³-hybridized carbons (Fsp3) is 0.593. The lowest BCUT2D eigenvalue weighted by Gasteiger charge is -2.34. The predicted molar refractivity (Wildman–Crippen MR) is 143 cm³/mol. The molecule has 2 saturated carbocycles. The second-order valence-electron chi connectivity index (χ2n) is 11.6. The summed E-state index contributed by atoms with van der Waals surface area (Å²) in [6.45, 7) is 2.21. The number of alkyl halides is 4. The quantitative estimate of drug-likeness (QED) is 0.320. The molecule has 0 aromatic carbocycles. The maximum absolute atomic E-state index is 13.5. The van der Waals surface area contributed by atoms with Crippen molar-refractivity contribution < 1.29 is 27.2 Å². The van der Waals surface area contributed by atoms with E-state index in [1.54, 1.807) is 13.4 Å². The van der Waals surface area contributed by atoms with Crippen LogP contribution in [0, 0.1) is 17.8 Å². The van der Waals surface area contributed by atoms with Gasteiger partial charge in [0.15, 0.2) is 0 Å². The highest BCUT2D eigenvalue weighted by Crippen LogP contribution is 2.44. The first-order chi connectivity index (χ1) is 19.5. The molecule has 0 radical (unpaired) electrons. The third-order valence-electron chi connectivity index (χ3n) is 8.45. The lowest BCUT2D eigenvalue weighted by molar-refractivity contribution is -0.119. The summed E-state index contributed by atoms with van der Waals surface area (Å²) in [5, 5.41) is 17.9. The highest BCUT2D eigenvalue weighted by Gasteiger charge is 2.45. The fourth-order valence-corrected chi connectivity index (χ4v) is 7.35. The SMILES string of the molecule is C[C@H]1C[C@@H]1C(=O)Cc1sc2c(c1C(=O)NCC1CC(F)(F)C1)C[C@@H](n1cnnc1Nc1cc(C(F)F)nn1C)CC2. The Labute approximate surface area is 237 Å². The average Bonchev–Trinajstić information content (AvgIpc) is 3.20. The number of rotatable bonds is 10. The van der Waals surface area contributed by atoms with Crippen LogP contribution in [-0.2, 0) is 31.1 Å². The lowest BCUT2D eigenvalue weighted by atomic mass is 9.81. The second kappa shape index (κ2) is 10.5. The molecule has 2 N–H and O–H groups in total. The summed E-state index contributed by atoms with van der Waals surface area (Å²) in [5.74, 6) is -2.06. The Balaban J connectivity index is 1.24. The minimum Gasteiger partial charge on any atom is -0.352 e. The summed E-state index contributed by atoms with van der Waals surface area (Å²) in [5.41, 5.74) is 0.985. The van der Waals surface area contributed by atoms with Crippen molar-refractivity contribution >= 4 is 34.8 Å². The van der Waals surface area contributed by atoms with Crippen molar-refractivity contribution in [3.05, 3.63) is 39.0 Å². The number of carbonyl (C=O) groups excluding carboxylic acids is 2. The summed E-state index contributed by atoms with van der Waals surface area (Å²) < 4.78 is 56.1. The molecule has 3 heterocycles. The minimum absolute atomic E-state index is 0.0261. The van der Waals surface area contributed by atoms with E-state index in [1.165, 1.54) is 22.1 Å². The van der Waals surface area contributed by atoms with E-state index < -0.39 is 12.3 Å². The van der Waals surface area contributed by atoms with Crippen LogP contribution in [-0.4, -0.2) is 48.7 Å². The molecule has 0 spiro atoms. The molecule has 3 atom stereocenters. The van der Waals surface area contributed by atoms with Crippen molar-refractivity contribution in [2.75, 3.05) is 11.9 Å². The minimum atomic E-state index is -2.71. The Morgan fingerprint density at radius 2 is 2.02 bits per heavy atom. The van der Waals surface area contributed by atoms with E-state index in [0.29, 0.717) is 36.1 Å². The van der Waals surface area contributed by atoms with Crippen LogP contribution < -0.4 is 10.6 Å². The zero-order valence-electron chi connectivity index (χ0n) is 22.7. The number of hydrogen-bond donors (Lipinski definition) is 2. The van der Waals surface area contributed by atoms with Crippen LogP contribution in [0.3, 0.4) is 0 Å². The van der Waals surface area contributed by atoms with Gasteiger partial charge in [0.05, 0.1) is 5.56 Å². The molecule has 0 saturated heterocycles. The molecule has 3 aliphatic carbocycles. The lowest BCUT2D eigenvalue weighted by Crippen LogP contribution is -2.42. The van der Waals surface area contributed by atoms with Gasteiger partial charge in [0.25, 0.3) is 12.3 Å². The number of hydrogen-bond acceptors (Lipinski definition) is 7. The maximum Gasteiger partial charge on any atom is 0.282 e. The van der Waals surface area contributed by atoms with Crippen LogP contribution in [0.25, 0.3) is 0 Å². The van der Waals surface area contributed by atoms with Gasteiger partial charge in [-0.25, -0.2) is 17.6 Å². The van der Waals surface area contributed by atoms with Gasteiger partial charge in [0.2, 0.25) is 11.9 Å². The Bertz CT molecular complexity index is 1470. The van der Waals surface area contributed by atoms with E-state index in [0.717, 1.165) is 28.2 Å². The van der Waals surface area contributed by atoms with Gasteiger partial charge >= 0.3 is 0 Å². The van der Waals surface area contributed by atoms with Crippen LogP contribution in [0.15, 0.2) is 12.4 Å². The number of Topliss-reactive ketones (excluding diaryl/α,β-unsaturated/α-hetero) is 1. The number of amides is 1. The van der Waals surface area contributed by atoms with E-state index in [-0.39, 0.29) is 61.1 Å². The number of nitrogens with one attached hydrogen (secondary N) is 2. The molecule has 0 aliphatic heterocycles. The third-order valence-corrected chi connectivity index (χ3v) is 9.74. The van der Waals surface area contributed by atoms with Crippen LogP contribution in [0.5, 0.6) is 0 Å². The standard InChI is InChI=1S/C27H31F4N7O2S/c1-13-5-16(13)19(39)8-21-23(25(40)32-11-14-9-27(30,31)10-14)17-6-15(3-4-20(17)41-21)38-12-33-35-26(38)34-22-7-18(24(28)29)36-37(22)2/h7,12-16,24H,3-6,8-11H2,1-2H3,(H,32,40)(H,34,35)/t13-,15-,16-/m0/s1. The van der Waals surface area contributed by atoms with Gasteiger partial charge in [-0.15, -0.1) is 21.5 Å². The van der Waals surface area contributed by atoms with Crippen molar-refractivity contribution in [3.8, 4) is 0 Å². The van der Waals surface area contributed by atoms with Crippen molar-refractivity contribution in [2.24, 2.45) is 24.8 Å². The van der Waals surface area contributed by atoms with Crippen molar-refractivity contribution in [1.82, 2.24) is 29.9 Å². The smallest absolute Gasteiger partial charge is 0.282 e. The maximum atomic E-state index is 13.5. The summed E-state index contributed by atoms with van der Waals surface area (Å²) in [7, 11) is 1.55. The van der Waals surface area contributed by atoms with Gasteiger partial charge in [-0.2, -0.15) is 5.10 Å². The molecule has 3 aliphatic rings. The fourth-order valence-electron chi connectivity index (χ4n) is 5.99. The number of thiophene rings is 1. The molecule has 3 aromatic rings. The number of halogens is 4. The zero-order chi connectivity index (χ0) is 29.1. The van der Waals surface area contributed by atoms with E-state index >= 15 is 0 Å². The number of nitrogens with zero attached hydrogens (tertiary/aromatic N) is 5. The number of carbonyl (C=O) groups is 2. The van der Waals surface area contributed by atoms with Crippen molar-refractivity contribution in [3.63, 3.8) is 0 Å². The molecule has 14 heteroatoms. The van der Waals surface area contributed by atoms with E-state index in [4.69, 9.17) is 0 Å². The zero-order valence-corrected chi connectivity index (χ0v) is 23.5. The average molecular weight is 594 g/mol. The number of aromatic nitrogens is 5. The van der Waals surface area contributed by atoms with Gasteiger partial charge < -0.3 is 10.6 Å². The summed E-state index contributed by atoms with van der Waals surface area (Å²) >= 11 is 1.49. The molecule has 220 valence electrons. The second-order valence-corrected chi connectivity index (χ2v) is 12.8. The Morgan fingerprint density at radius 1 is 1.27 bits per heavy atom. The van der Waals surface area contributed by atoms with Gasteiger partial charge in [-0.3, -0.25) is 18.8 Å². The highest BCUT2D eigenvalue weighted by atomic mass is 32.1.